The lowest BCUT2D eigenvalue weighted by molar-refractivity contribution is -0.0448. The van der Waals surface area contributed by atoms with Gasteiger partial charge in [-0.05, 0) is 24.0 Å². The molecule has 2 unspecified atom stereocenters. The second kappa shape index (κ2) is 4.77. The van der Waals surface area contributed by atoms with Crippen LogP contribution in [0.1, 0.15) is 37.0 Å². The molecular weight excluding hydrogens is 188 g/mol. The number of aliphatic hydroxyl groups excluding tert-OH is 1. The zero-order chi connectivity index (χ0) is 10.7. The molecule has 1 aromatic rings. The Morgan fingerprint density at radius 1 is 1.47 bits per heavy atom. The maximum Gasteiger partial charge on any atom is 0.0849 e. The van der Waals surface area contributed by atoms with Crippen LogP contribution >= 0.6 is 0 Å². The maximum atomic E-state index is 9.59. The molecule has 2 atom stereocenters. The van der Waals surface area contributed by atoms with E-state index >= 15 is 0 Å². The molecule has 0 bridgehead atoms. The number of rotatable bonds is 2. The highest BCUT2D eigenvalue weighted by Gasteiger charge is 2.22. The summed E-state index contributed by atoms with van der Waals surface area (Å²) in [7, 11) is 0. The minimum Gasteiger partial charge on any atom is -0.393 e. The molecule has 2 heteroatoms. The molecule has 0 saturated carbocycles. The zero-order valence-corrected chi connectivity index (χ0v) is 9.15. The summed E-state index contributed by atoms with van der Waals surface area (Å²) in [5.41, 5.74) is 2.53. The molecule has 1 aromatic carbocycles. The third-order valence-corrected chi connectivity index (χ3v) is 2.99. The van der Waals surface area contributed by atoms with E-state index in [1.54, 1.807) is 0 Å². The van der Waals surface area contributed by atoms with Crippen molar-refractivity contribution in [1.29, 1.82) is 0 Å². The average Bonchev–Trinajstić information content (AvgIpc) is 2.29. The maximum absolute atomic E-state index is 9.59. The molecule has 1 aliphatic rings. The van der Waals surface area contributed by atoms with Gasteiger partial charge in [0, 0.05) is 13.0 Å². The van der Waals surface area contributed by atoms with Crippen LogP contribution in [0.4, 0.5) is 0 Å². The van der Waals surface area contributed by atoms with Gasteiger partial charge in [-0.25, -0.2) is 0 Å². The number of hydrogen-bond acceptors (Lipinski definition) is 2. The van der Waals surface area contributed by atoms with Gasteiger partial charge in [-0.1, -0.05) is 31.2 Å². The zero-order valence-electron chi connectivity index (χ0n) is 9.15. The number of aliphatic hydroxyl groups is 1. The molecule has 0 aliphatic carbocycles. The highest BCUT2D eigenvalue weighted by Crippen LogP contribution is 2.28. The van der Waals surface area contributed by atoms with Crippen LogP contribution in [0.15, 0.2) is 24.3 Å². The molecule has 82 valence electrons. The summed E-state index contributed by atoms with van der Waals surface area (Å²) in [6.45, 7) is 2.82. The van der Waals surface area contributed by atoms with Crippen molar-refractivity contribution >= 4 is 0 Å². The molecule has 1 heterocycles. The van der Waals surface area contributed by atoms with E-state index in [0.717, 1.165) is 19.3 Å². The summed E-state index contributed by atoms with van der Waals surface area (Å²) < 4.78 is 5.67. The number of aryl methyl sites for hydroxylation is 1. The first-order valence-electron chi connectivity index (χ1n) is 5.68. The monoisotopic (exact) mass is 206 g/mol. The molecule has 1 N–H and O–H groups in total. The summed E-state index contributed by atoms with van der Waals surface area (Å²) in [4.78, 5) is 0. The Kier molecular flexibility index (Phi) is 3.39. The Labute approximate surface area is 90.9 Å². The lowest BCUT2D eigenvalue weighted by Crippen LogP contribution is -2.23. The summed E-state index contributed by atoms with van der Waals surface area (Å²) >= 11 is 0. The van der Waals surface area contributed by atoms with E-state index in [1.165, 1.54) is 11.1 Å². The van der Waals surface area contributed by atoms with Gasteiger partial charge in [-0.2, -0.15) is 0 Å². The first kappa shape index (κ1) is 10.7. The number of ether oxygens (including phenoxy) is 1. The summed E-state index contributed by atoms with van der Waals surface area (Å²) in [5, 5.41) is 9.59. The predicted octanol–water partition coefficient (Wildman–Crippen LogP) is 2.46. The molecule has 1 fully saturated rings. The molecule has 1 aliphatic heterocycles. The van der Waals surface area contributed by atoms with E-state index < -0.39 is 0 Å². The second-order valence-corrected chi connectivity index (χ2v) is 4.14. The van der Waals surface area contributed by atoms with Crippen LogP contribution in [0.5, 0.6) is 0 Å². The topological polar surface area (TPSA) is 29.5 Å². The standard InChI is InChI=1S/C13H18O2/c1-2-10-4-3-5-11(8-10)13-9-12(14)6-7-15-13/h3-5,8,12-14H,2,6-7,9H2,1H3. The molecule has 2 rings (SSSR count). The number of hydrogen-bond donors (Lipinski definition) is 1. The van der Waals surface area contributed by atoms with E-state index in [4.69, 9.17) is 4.74 Å². The van der Waals surface area contributed by atoms with E-state index in [9.17, 15) is 5.11 Å². The molecule has 0 amide bonds. The highest BCUT2D eigenvalue weighted by atomic mass is 16.5. The predicted molar refractivity (Wildman–Crippen MR) is 59.8 cm³/mol. The minimum absolute atomic E-state index is 0.0836. The van der Waals surface area contributed by atoms with Gasteiger partial charge < -0.3 is 9.84 Å². The highest BCUT2D eigenvalue weighted by molar-refractivity contribution is 5.25. The second-order valence-electron chi connectivity index (χ2n) is 4.14. The van der Waals surface area contributed by atoms with E-state index in [2.05, 4.69) is 31.2 Å². The fourth-order valence-corrected chi connectivity index (χ4v) is 2.02. The first-order valence-corrected chi connectivity index (χ1v) is 5.68. The van der Waals surface area contributed by atoms with Gasteiger partial charge in [0.2, 0.25) is 0 Å². The van der Waals surface area contributed by atoms with E-state index in [1.807, 2.05) is 0 Å². The lowest BCUT2D eigenvalue weighted by Gasteiger charge is -2.27. The van der Waals surface area contributed by atoms with Gasteiger partial charge in [-0.3, -0.25) is 0 Å². The fourth-order valence-electron chi connectivity index (χ4n) is 2.02. The SMILES string of the molecule is CCc1cccc(C2CC(O)CCO2)c1. The smallest absolute Gasteiger partial charge is 0.0849 e. The van der Waals surface area contributed by atoms with Gasteiger partial charge in [-0.15, -0.1) is 0 Å². The van der Waals surface area contributed by atoms with Crippen molar-refractivity contribution in [2.75, 3.05) is 6.61 Å². The first-order chi connectivity index (χ1) is 7.29. The Morgan fingerprint density at radius 2 is 2.33 bits per heavy atom. The van der Waals surface area contributed by atoms with Gasteiger partial charge in [0.1, 0.15) is 0 Å². The Hall–Kier alpha value is -0.860. The Morgan fingerprint density at radius 3 is 3.07 bits per heavy atom. The van der Waals surface area contributed by atoms with Crippen molar-refractivity contribution in [3.05, 3.63) is 35.4 Å². The molecular formula is C13H18O2. The molecule has 15 heavy (non-hydrogen) atoms. The van der Waals surface area contributed by atoms with Crippen molar-refractivity contribution in [2.24, 2.45) is 0 Å². The molecule has 0 radical (unpaired) electrons. The molecule has 0 spiro atoms. The van der Waals surface area contributed by atoms with Crippen molar-refractivity contribution in [3.63, 3.8) is 0 Å². The quantitative estimate of drug-likeness (QED) is 0.805. The van der Waals surface area contributed by atoms with Gasteiger partial charge >= 0.3 is 0 Å². The van der Waals surface area contributed by atoms with Gasteiger partial charge in [0.05, 0.1) is 12.2 Å². The van der Waals surface area contributed by atoms with Crippen molar-refractivity contribution in [3.8, 4) is 0 Å². The lowest BCUT2D eigenvalue weighted by atomic mass is 9.97. The average molecular weight is 206 g/mol. The minimum atomic E-state index is -0.200. The molecule has 0 aromatic heterocycles. The molecule has 2 nitrogen and oxygen atoms in total. The molecule has 1 saturated heterocycles. The van der Waals surface area contributed by atoms with Crippen LogP contribution in [-0.4, -0.2) is 17.8 Å². The van der Waals surface area contributed by atoms with Crippen LogP contribution in [0.25, 0.3) is 0 Å². The Bertz CT molecular complexity index is 322. The third kappa shape index (κ3) is 2.58. The van der Waals surface area contributed by atoms with Gasteiger partial charge in [0.25, 0.3) is 0 Å². The largest absolute Gasteiger partial charge is 0.393 e. The van der Waals surface area contributed by atoms with Crippen LogP contribution in [0.3, 0.4) is 0 Å². The normalized spacial score (nSPS) is 26.5. The van der Waals surface area contributed by atoms with Crippen molar-refractivity contribution in [1.82, 2.24) is 0 Å². The summed E-state index contributed by atoms with van der Waals surface area (Å²) in [5.74, 6) is 0. The van der Waals surface area contributed by atoms with Gasteiger partial charge in [0.15, 0.2) is 0 Å². The van der Waals surface area contributed by atoms with Crippen LogP contribution < -0.4 is 0 Å². The summed E-state index contributed by atoms with van der Waals surface area (Å²) in [6, 6.07) is 8.46. The fraction of sp³-hybridized carbons (Fsp3) is 0.538. The van der Waals surface area contributed by atoms with Crippen molar-refractivity contribution < 1.29 is 9.84 Å². The summed E-state index contributed by atoms with van der Waals surface area (Å²) in [6.07, 6.45) is 2.43. The van der Waals surface area contributed by atoms with Crippen molar-refractivity contribution in [2.45, 2.75) is 38.4 Å². The third-order valence-electron chi connectivity index (χ3n) is 2.99. The van der Waals surface area contributed by atoms with Crippen LogP contribution in [0, 0.1) is 0 Å². The van der Waals surface area contributed by atoms with Crippen LogP contribution in [0.2, 0.25) is 0 Å². The van der Waals surface area contributed by atoms with E-state index in [0.29, 0.717) is 6.61 Å². The van der Waals surface area contributed by atoms with Crippen LogP contribution in [-0.2, 0) is 11.2 Å². The Balaban J connectivity index is 2.13. The number of benzene rings is 1. The van der Waals surface area contributed by atoms with E-state index in [-0.39, 0.29) is 12.2 Å².